The molecule has 8 N–H and O–H groups in total. The highest BCUT2D eigenvalue weighted by Gasteiger charge is 2.08. The van der Waals surface area contributed by atoms with Crippen molar-refractivity contribution in [3.63, 3.8) is 0 Å². The largest absolute Gasteiger partial charge is 1.00 e. The number of nitrogens with two attached hydrogens (primary N) is 1. The maximum absolute atomic E-state index is 9.58. The molecule has 0 radical (unpaired) electrons. The van der Waals surface area contributed by atoms with Gasteiger partial charge in [0.2, 0.25) is 0 Å². The van der Waals surface area contributed by atoms with Crippen molar-refractivity contribution in [3.8, 4) is 0 Å². The number of unbranched alkanes of at least 4 members (excludes halogenated alkanes) is 12. The van der Waals surface area contributed by atoms with Crippen molar-refractivity contribution in [3.05, 3.63) is 0 Å². The lowest BCUT2D eigenvalue weighted by Gasteiger charge is -2.11. The van der Waals surface area contributed by atoms with E-state index in [0.717, 1.165) is 12.8 Å². The van der Waals surface area contributed by atoms with Crippen LogP contribution in [0.2, 0.25) is 0 Å². The normalized spacial score (nSPS) is 12.5. The van der Waals surface area contributed by atoms with E-state index < -0.39 is 12.5 Å². The Morgan fingerprint density at radius 1 is 0.667 bits per heavy atom. The third kappa shape index (κ3) is 27.3. The first kappa shape index (κ1) is 32.1. The first-order chi connectivity index (χ1) is 10.2. The van der Waals surface area contributed by atoms with E-state index in [2.05, 4.69) is 6.92 Å². The summed E-state index contributed by atoms with van der Waals surface area (Å²) in [5.41, 5.74) is 0. The predicted octanol–water partition coefficient (Wildman–Crippen LogP) is -1.93. The number of hydrogen-bond donors (Lipinski definition) is 4. The Labute approximate surface area is 163 Å². The Kier molecular flexibility index (Phi) is 34.3. The summed E-state index contributed by atoms with van der Waals surface area (Å²) in [6.45, 7) is 3.96. The number of quaternary nitrogens is 2. The summed E-state index contributed by atoms with van der Waals surface area (Å²) < 4.78 is 0. The Bertz CT molecular complexity index is 211. The van der Waals surface area contributed by atoms with E-state index in [-0.39, 0.29) is 31.0 Å². The zero-order valence-electron chi connectivity index (χ0n) is 16.3. The van der Waals surface area contributed by atoms with Crippen LogP contribution < -0.4 is 36.3 Å². The van der Waals surface area contributed by atoms with Crippen molar-refractivity contribution in [1.29, 1.82) is 0 Å². The second-order valence-corrected chi connectivity index (χ2v) is 6.53. The van der Waals surface area contributed by atoms with Crippen molar-refractivity contribution in [2.45, 2.75) is 116 Å². The second-order valence-electron chi connectivity index (χ2n) is 6.53. The van der Waals surface area contributed by atoms with E-state index in [1.54, 1.807) is 12.2 Å². The van der Waals surface area contributed by atoms with Crippen LogP contribution in [-0.2, 0) is 0 Å². The molecule has 0 aromatic heterocycles. The van der Waals surface area contributed by atoms with Gasteiger partial charge in [-0.3, -0.25) is 5.32 Å². The van der Waals surface area contributed by atoms with Crippen molar-refractivity contribution >= 4 is 0 Å². The number of aliphatic hydroxyl groups is 2. The van der Waals surface area contributed by atoms with Gasteiger partial charge in [0.25, 0.3) is 0 Å². The monoisotopic (exact) mass is 390 g/mol. The van der Waals surface area contributed by atoms with Crippen molar-refractivity contribution in [1.82, 2.24) is 6.15 Å². The molecule has 2 atom stereocenters. The van der Waals surface area contributed by atoms with Gasteiger partial charge in [0.15, 0.2) is 12.5 Å². The van der Waals surface area contributed by atoms with E-state index in [1.807, 2.05) is 0 Å². The maximum atomic E-state index is 9.58. The SMILES string of the molecule is CCCCCCCCCCCCCCCC(O)[NH2+]C(C)O.[Cl-].[Cl-].[NH4+]. The summed E-state index contributed by atoms with van der Waals surface area (Å²) in [6, 6.07) is 0. The summed E-state index contributed by atoms with van der Waals surface area (Å²) in [6.07, 6.45) is 17.4. The molecular formula is C18H44Cl2N2O2. The quantitative estimate of drug-likeness (QED) is 0.182. The molecule has 0 rings (SSSR count). The third-order valence-electron chi connectivity index (χ3n) is 4.10. The molecule has 2 unspecified atom stereocenters. The molecule has 0 aromatic carbocycles. The van der Waals surface area contributed by atoms with Crippen LogP contribution in [0.5, 0.6) is 0 Å². The van der Waals surface area contributed by atoms with Gasteiger partial charge in [0.1, 0.15) is 0 Å². The Balaban J connectivity index is -0.000000667. The fourth-order valence-corrected chi connectivity index (χ4v) is 2.79. The van der Waals surface area contributed by atoms with E-state index in [9.17, 15) is 5.11 Å². The van der Waals surface area contributed by atoms with Crippen LogP contribution >= 0.6 is 0 Å². The lowest BCUT2D eigenvalue weighted by Crippen LogP contribution is -3.00. The van der Waals surface area contributed by atoms with Crippen molar-refractivity contribution in [2.75, 3.05) is 0 Å². The van der Waals surface area contributed by atoms with Gasteiger partial charge in [-0.15, -0.1) is 0 Å². The van der Waals surface area contributed by atoms with Gasteiger partial charge in [-0.05, 0) is 6.42 Å². The number of hydrogen-bond acceptors (Lipinski definition) is 2. The molecule has 0 bridgehead atoms. The molecule has 152 valence electrons. The van der Waals surface area contributed by atoms with Gasteiger partial charge in [-0.1, -0.05) is 84.0 Å². The number of halogens is 2. The van der Waals surface area contributed by atoms with Gasteiger partial charge < -0.3 is 41.2 Å². The Morgan fingerprint density at radius 2 is 1.00 bits per heavy atom. The fraction of sp³-hybridized carbons (Fsp3) is 1.00. The number of rotatable bonds is 16. The molecule has 0 amide bonds. The second kappa shape index (κ2) is 25.7. The maximum Gasteiger partial charge on any atom is 0.189 e. The van der Waals surface area contributed by atoms with Crippen LogP contribution in [0, 0.1) is 0 Å². The van der Waals surface area contributed by atoms with E-state index in [0.29, 0.717) is 0 Å². The molecular weight excluding hydrogens is 347 g/mol. The minimum absolute atomic E-state index is 0. The van der Waals surface area contributed by atoms with Gasteiger partial charge in [0, 0.05) is 13.3 Å². The number of aliphatic hydroxyl groups excluding tert-OH is 2. The highest BCUT2D eigenvalue weighted by molar-refractivity contribution is 4.49. The molecule has 0 spiro atoms. The van der Waals surface area contributed by atoms with Gasteiger partial charge in [-0.25, -0.2) is 0 Å². The molecule has 4 nitrogen and oxygen atoms in total. The zero-order valence-corrected chi connectivity index (χ0v) is 17.8. The molecule has 0 fully saturated rings. The van der Waals surface area contributed by atoms with E-state index >= 15 is 0 Å². The van der Waals surface area contributed by atoms with Crippen LogP contribution in [0.3, 0.4) is 0 Å². The predicted molar refractivity (Wildman–Crippen MR) is 95.9 cm³/mol. The van der Waals surface area contributed by atoms with Gasteiger partial charge in [-0.2, -0.15) is 0 Å². The summed E-state index contributed by atoms with van der Waals surface area (Å²) in [7, 11) is 0. The van der Waals surface area contributed by atoms with Crippen LogP contribution in [0.15, 0.2) is 0 Å². The molecule has 0 saturated heterocycles. The molecule has 0 saturated carbocycles. The Hall–Kier alpha value is 0.420. The molecule has 6 heteroatoms. The van der Waals surface area contributed by atoms with Crippen LogP contribution in [-0.4, -0.2) is 22.7 Å². The average molecular weight is 391 g/mol. The van der Waals surface area contributed by atoms with Gasteiger partial charge >= 0.3 is 0 Å². The molecule has 0 aromatic rings. The Morgan fingerprint density at radius 3 is 1.33 bits per heavy atom. The summed E-state index contributed by atoms with van der Waals surface area (Å²) in [5, 5.41) is 20.3. The average Bonchev–Trinajstić information content (AvgIpc) is 2.43. The minimum Gasteiger partial charge on any atom is -1.00 e. The van der Waals surface area contributed by atoms with Crippen LogP contribution in [0.1, 0.15) is 104 Å². The van der Waals surface area contributed by atoms with Gasteiger partial charge in [0.05, 0.1) is 0 Å². The summed E-state index contributed by atoms with van der Waals surface area (Å²) in [5.74, 6) is 0. The van der Waals surface area contributed by atoms with E-state index in [4.69, 9.17) is 5.11 Å². The molecule has 0 aliphatic carbocycles. The van der Waals surface area contributed by atoms with Crippen molar-refractivity contribution < 1.29 is 40.3 Å². The first-order valence-corrected chi connectivity index (χ1v) is 9.38. The smallest absolute Gasteiger partial charge is 0.189 e. The highest BCUT2D eigenvalue weighted by atomic mass is 35.5. The molecule has 24 heavy (non-hydrogen) atoms. The first-order valence-electron chi connectivity index (χ1n) is 9.38. The third-order valence-corrected chi connectivity index (χ3v) is 4.10. The minimum atomic E-state index is -0.498. The molecule has 0 heterocycles. The summed E-state index contributed by atoms with van der Waals surface area (Å²) >= 11 is 0. The molecule has 0 aliphatic heterocycles. The highest BCUT2D eigenvalue weighted by Crippen LogP contribution is 2.12. The molecule has 0 aliphatic rings. The fourth-order valence-electron chi connectivity index (χ4n) is 2.79. The summed E-state index contributed by atoms with van der Waals surface area (Å²) in [4.78, 5) is 0. The lowest BCUT2D eigenvalue weighted by molar-refractivity contribution is -0.779. The lowest BCUT2D eigenvalue weighted by atomic mass is 10.0. The zero-order chi connectivity index (χ0) is 15.8. The van der Waals surface area contributed by atoms with Crippen molar-refractivity contribution in [2.24, 2.45) is 0 Å². The van der Waals surface area contributed by atoms with Crippen LogP contribution in [0.4, 0.5) is 0 Å². The van der Waals surface area contributed by atoms with Crippen LogP contribution in [0.25, 0.3) is 0 Å². The topological polar surface area (TPSA) is 93.6 Å². The van der Waals surface area contributed by atoms with E-state index in [1.165, 1.54) is 77.0 Å². The standard InChI is InChI=1S/C18H39NO2.2ClH.H3N/c1-3-4-5-6-7-8-9-10-11-12-13-14-15-16-18(21)19-17(2)20;;;/h17-21H,3-16H2,1-2H3;2*1H;1H3.